The molecule has 7 nitrogen and oxygen atoms in total. The zero-order valence-electron chi connectivity index (χ0n) is 12.9. The average Bonchev–Trinajstić information content (AvgIpc) is 3.04. The van der Waals surface area contributed by atoms with Crippen LogP contribution < -0.4 is 21.1 Å². The molecule has 2 heterocycles. The van der Waals surface area contributed by atoms with E-state index in [4.69, 9.17) is 9.84 Å². The zero-order chi connectivity index (χ0) is 16.9. The van der Waals surface area contributed by atoms with Gasteiger partial charge in [-0.25, -0.2) is 10.9 Å². The van der Waals surface area contributed by atoms with Crippen molar-refractivity contribution < 1.29 is 14.6 Å². The Hall–Kier alpha value is -2.92. The number of nitrogens with one attached hydrogen (secondary N) is 3. The zero-order valence-corrected chi connectivity index (χ0v) is 12.9. The van der Waals surface area contributed by atoms with Crippen molar-refractivity contribution in [1.29, 1.82) is 0 Å². The Kier molecular flexibility index (Phi) is 4.72. The van der Waals surface area contributed by atoms with E-state index in [1.165, 1.54) is 0 Å². The normalized spacial score (nSPS) is 19.4. The van der Waals surface area contributed by atoms with Crippen LogP contribution in [0, 0.1) is 18.8 Å². The van der Waals surface area contributed by atoms with Gasteiger partial charge in [0.1, 0.15) is 5.75 Å². The van der Waals surface area contributed by atoms with Gasteiger partial charge in [0.25, 0.3) is 0 Å². The van der Waals surface area contributed by atoms with E-state index >= 15 is 0 Å². The second-order valence-corrected chi connectivity index (χ2v) is 5.23. The number of hydrazine groups is 2. The van der Waals surface area contributed by atoms with E-state index in [0.29, 0.717) is 5.75 Å². The minimum atomic E-state index is -1.01. The van der Waals surface area contributed by atoms with E-state index in [1.54, 1.807) is 18.3 Å². The first-order valence-electron chi connectivity index (χ1n) is 7.32. The van der Waals surface area contributed by atoms with Gasteiger partial charge in [-0.3, -0.25) is 9.78 Å². The maximum Gasteiger partial charge on any atom is 0.327 e. The number of hydrogen-bond donors (Lipinski definition) is 4. The van der Waals surface area contributed by atoms with Gasteiger partial charge in [-0.15, -0.1) is 0 Å². The van der Waals surface area contributed by atoms with Crippen molar-refractivity contribution in [3.63, 3.8) is 0 Å². The molecule has 3 rings (SSSR count). The van der Waals surface area contributed by atoms with Gasteiger partial charge in [-0.05, 0) is 43.3 Å². The molecule has 1 saturated heterocycles. The second-order valence-electron chi connectivity index (χ2n) is 5.23. The third-order valence-corrected chi connectivity index (χ3v) is 3.39. The fourth-order valence-corrected chi connectivity index (χ4v) is 2.09. The summed E-state index contributed by atoms with van der Waals surface area (Å²) in [6.45, 7) is 1.93. The first kappa shape index (κ1) is 16.0. The van der Waals surface area contributed by atoms with Gasteiger partial charge >= 0.3 is 5.97 Å². The molecule has 1 aromatic heterocycles. The molecule has 122 valence electrons. The van der Waals surface area contributed by atoms with Crippen LogP contribution in [0.2, 0.25) is 0 Å². The summed E-state index contributed by atoms with van der Waals surface area (Å²) in [5, 5.41) is 9.06. The predicted octanol–water partition coefficient (Wildman–Crippen LogP) is 0.560. The topological polar surface area (TPSA) is 95.5 Å². The Labute approximate surface area is 139 Å². The molecule has 0 spiro atoms. The van der Waals surface area contributed by atoms with Crippen molar-refractivity contribution in [2.75, 3.05) is 0 Å². The number of aryl methyl sites for hydroxylation is 1. The molecule has 0 saturated carbocycles. The standard InChI is InChI=1S/C17H16N4O3/c1-11-2-3-13(10-18-11)5-4-12-6-8-14(9-7-12)24-16-15(17(22)23)19-21-20-16/h2-3,6-10,15-16,19-21H,1H3,(H,22,23). The molecule has 2 unspecified atom stereocenters. The molecule has 0 amide bonds. The molecule has 1 aliphatic rings. The summed E-state index contributed by atoms with van der Waals surface area (Å²) < 4.78 is 5.61. The van der Waals surface area contributed by atoms with Crippen molar-refractivity contribution >= 4 is 5.97 Å². The number of nitrogens with zero attached hydrogens (tertiary/aromatic N) is 1. The fraction of sp³-hybridized carbons (Fsp3) is 0.176. The van der Waals surface area contributed by atoms with Gasteiger partial charge in [0.2, 0.25) is 0 Å². The lowest BCUT2D eigenvalue weighted by Crippen LogP contribution is -2.44. The first-order valence-corrected chi connectivity index (χ1v) is 7.32. The van der Waals surface area contributed by atoms with Gasteiger partial charge < -0.3 is 9.84 Å². The van der Waals surface area contributed by atoms with Crippen LogP contribution in [0.1, 0.15) is 16.8 Å². The van der Waals surface area contributed by atoms with E-state index in [2.05, 4.69) is 33.2 Å². The summed E-state index contributed by atoms with van der Waals surface area (Å²) in [7, 11) is 0. The highest BCUT2D eigenvalue weighted by Gasteiger charge is 2.34. The summed E-state index contributed by atoms with van der Waals surface area (Å²) in [4.78, 5) is 15.2. The molecule has 4 N–H and O–H groups in total. The molecule has 0 bridgehead atoms. The van der Waals surface area contributed by atoms with E-state index in [-0.39, 0.29) is 0 Å². The number of carbonyl (C=O) groups is 1. The Morgan fingerprint density at radius 3 is 2.50 bits per heavy atom. The molecule has 7 heteroatoms. The third kappa shape index (κ3) is 3.88. The molecule has 0 aliphatic carbocycles. The van der Waals surface area contributed by atoms with Crippen molar-refractivity contribution in [2.45, 2.75) is 19.2 Å². The molecule has 0 radical (unpaired) electrons. The van der Waals surface area contributed by atoms with Crippen LogP contribution in [-0.4, -0.2) is 28.3 Å². The largest absolute Gasteiger partial charge is 0.480 e. The molecule has 1 fully saturated rings. The Bertz CT molecular complexity index is 778. The van der Waals surface area contributed by atoms with Crippen molar-refractivity contribution in [2.24, 2.45) is 0 Å². The fourth-order valence-electron chi connectivity index (χ4n) is 2.09. The number of benzene rings is 1. The van der Waals surface area contributed by atoms with Crippen molar-refractivity contribution in [3.05, 3.63) is 59.4 Å². The molecule has 2 aromatic rings. The lowest BCUT2D eigenvalue weighted by Gasteiger charge is -2.16. The van der Waals surface area contributed by atoms with Crippen LogP contribution in [0.15, 0.2) is 42.6 Å². The molecule has 2 atom stereocenters. The number of aliphatic carboxylic acids is 1. The highest BCUT2D eigenvalue weighted by atomic mass is 16.5. The van der Waals surface area contributed by atoms with Crippen LogP contribution in [0.3, 0.4) is 0 Å². The van der Waals surface area contributed by atoms with Crippen molar-refractivity contribution in [1.82, 2.24) is 21.4 Å². The number of ether oxygens (including phenoxy) is 1. The first-order chi connectivity index (χ1) is 11.6. The third-order valence-electron chi connectivity index (χ3n) is 3.39. The molecular formula is C17H16N4O3. The number of hydrogen-bond acceptors (Lipinski definition) is 6. The minimum Gasteiger partial charge on any atom is -0.480 e. The van der Waals surface area contributed by atoms with E-state index in [1.807, 2.05) is 31.2 Å². The van der Waals surface area contributed by atoms with Crippen LogP contribution in [-0.2, 0) is 4.79 Å². The minimum absolute atomic E-state index is 0.548. The number of aromatic nitrogens is 1. The van der Waals surface area contributed by atoms with Gasteiger partial charge in [0.15, 0.2) is 12.3 Å². The molecular weight excluding hydrogens is 308 g/mol. The maximum atomic E-state index is 11.1. The van der Waals surface area contributed by atoms with E-state index in [0.717, 1.165) is 16.8 Å². The lowest BCUT2D eigenvalue weighted by atomic mass is 10.2. The van der Waals surface area contributed by atoms with Crippen LogP contribution >= 0.6 is 0 Å². The summed E-state index contributed by atoms with van der Waals surface area (Å²) >= 11 is 0. The maximum absolute atomic E-state index is 11.1. The van der Waals surface area contributed by atoms with Gasteiger partial charge in [-0.2, -0.15) is 5.53 Å². The van der Waals surface area contributed by atoms with Crippen LogP contribution in [0.5, 0.6) is 5.75 Å². The Morgan fingerprint density at radius 2 is 1.83 bits per heavy atom. The summed E-state index contributed by atoms with van der Waals surface area (Å²) in [6.07, 6.45) is 1.02. The summed E-state index contributed by atoms with van der Waals surface area (Å²) in [6, 6.07) is 10.1. The Balaban J connectivity index is 1.65. The molecule has 1 aliphatic heterocycles. The monoisotopic (exact) mass is 324 g/mol. The van der Waals surface area contributed by atoms with Crippen LogP contribution in [0.25, 0.3) is 0 Å². The SMILES string of the molecule is Cc1ccc(C#Cc2ccc(OC3NNNC3C(=O)O)cc2)cn1. The van der Waals surface area contributed by atoms with Crippen molar-refractivity contribution in [3.8, 4) is 17.6 Å². The Morgan fingerprint density at radius 1 is 1.12 bits per heavy atom. The summed E-state index contributed by atoms with van der Waals surface area (Å²) in [5.41, 5.74) is 10.4. The second kappa shape index (κ2) is 7.10. The van der Waals surface area contributed by atoms with E-state index < -0.39 is 18.2 Å². The van der Waals surface area contributed by atoms with Gasteiger partial charge in [0.05, 0.1) is 0 Å². The highest BCUT2D eigenvalue weighted by Crippen LogP contribution is 2.15. The number of pyridine rings is 1. The molecule has 24 heavy (non-hydrogen) atoms. The predicted molar refractivity (Wildman–Crippen MR) is 86.6 cm³/mol. The quantitative estimate of drug-likeness (QED) is 0.613. The highest BCUT2D eigenvalue weighted by molar-refractivity contribution is 5.74. The van der Waals surface area contributed by atoms with Crippen LogP contribution in [0.4, 0.5) is 0 Å². The molecule has 1 aromatic carbocycles. The smallest absolute Gasteiger partial charge is 0.327 e. The van der Waals surface area contributed by atoms with Gasteiger partial charge in [-0.1, -0.05) is 11.8 Å². The number of carboxylic acid groups (broad SMARTS) is 1. The lowest BCUT2D eigenvalue weighted by molar-refractivity contribution is -0.141. The van der Waals surface area contributed by atoms with Gasteiger partial charge in [0, 0.05) is 23.0 Å². The average molecular weight is 324 g/mol. The van der Waals surface area contributed by atoms with E-state index in [9.17, 15) is 4.79 Å². The number of rotatable bonds is 3. The number of carboxylic acids is 1. The summed E-state index contributed by atoms with van der Waals surface area (Å²) in [5.74, 6) is 5.63.